The lowest BCUT2D eigenvalue weighted by molar-refractivity contribution is -0.137. The summed E-state index contributed by atoms with van der Waals surface area (Å²) >= 11 is 0. The number of carbonyl (C=O) groups is 2. The van der Waals surface area contributed by atoms with Gasteiger partial charge in [-0.05, 0) is 64.7 Å². The molecule has 0 aliphatic carbocycles. The number of rotatable bonds is 7. The van der Waals surface area contributed by atoms with Gasteiger partial charge in [0.2, 0.25) is 11.8 Å². The summed E-state index contributed by atoms with van der Waals surface area (Å²) in [6, 6.07) is 0.487. The zero-order valence-corrected chi connectivity index (χ0v) is 19.0. The van der Waals surface area contributed by atoms with E-state index in [1.54, 1.807) is 0 Å². The molecule has 0 radical (unpaired) electrons. The van der Waals surface area contributed by atoms with E-state index in [2.05, 4.69) is 17.1 Å². The van der Waals surface area contributed by atoms with E-state index in [-0.39, 0.29) is 42.5 Å². The summed E-state index contributed by atoms with van der Waals surface area (Å²) in [5.41, 5.74) is 0. The number of carbonyl (C=O) groups excluding carboxylic acids is 2. The quantitative estimate of drug-likeness (QED) is 0.662. The molecule has 3 aliphatic rings. The number of hydrogen-bond donors (Lipinski definition) is 1. The van der Waals surface area contributed by atoms with Gasteiger partial charge in [-0.1, -0.05) is 6.92 Å². The van der Waals surface area contributed by atoms with Crippen molar-refractivity contribution in [2.24, 2.45) is 11.8 Å². The van der Waals surface area contributed by atoms with Crippen molar-refractivity contribution in [3.63, 3.8) is 0 Å². The molecule has 6 nitrogen and oxygen atoms in total. The van der Waals surface area contributed by atoms with Gasteiger partial charge in [-0.3, -0.25) is 14.5 Å². The molecule has 3 heterocycles. The van der Waals surface area contributed by atoms with Crippen LogP contribution in [-0.2, 0) is 9.59 Å². The van der Waals surface area contributed by atoms with Gasteiger partial charge in [0, 0.05) is 38.6 Å². The van der Waals surface area contributed by atoms with Gasteiger partial charge in [0.15, 0.2) is 0 Å². The minimum absolute atomic E-state index is 0. The molecular weight excluding hydrogens is 399 g/mol. The van der Waals surface area contributed by atoms with E-state index in [1.165, 1.54) is 19.3 Å². The highest BCUT2D eigenvalue weighted by Gasteiger charge is 2.39. The fourth-order valence-electron chi connectivity index (χ4n) is 4.94. The van der Waals surface area contributed by atoms with E-state index in [0.717, 1.165) is 58.0 Å². The second kappa shape index (κ2) is 12.2. The fourth-order valence-corrected chi connectivity index (χ4v) is 4.94. The first-order valence-electron chi connectivity index (χ1n) is 10.6. The van der Waals surface area contributed by atoms with Gasteiger partial charge in [-0.2, -0.15) is 0 Å². The number of amides is 2. The van der Waals surface area contributed by atoms with Crippen molar-refractivity contribution in [3.05, 3.63) is 0 Å². The lowest BCUT2D eigenvalue weighted by Gasteiger charge is -2.33. The van der Waals surface area contributed by atoms with Crippen LogP contribution in [0.3, 0.4) is 0 Å². The number of likely N-dealkylation sites (tertiary alicyclic amines) is 3. The molecular formula is C20H38Cl2N4O2. The van der Waals surface area contributed by atoms with E-state index in [0.29, 0.717) is 19.0 Å². The Labute approximate surface area is 182 Å². The Morgan fingerprint density at radius 1 is 1.14 bits per heavy atom. The molecule has 28 heavy (non-hydrogen) atoms. The molecule has 2 atom stereocenters. The molecule has 3 saturated heterocycles. The summed E-state index contributed by atoms with van der Waals surface area (Å²) in [4.78, 5) is 31.8. The Hall–Kier alpha value is -0.560. The van der Waals surface area contributed by atoms with Crippen LogP contribution in [0.1, 0.15) is 45.4 Å². The van der Waals surface area contributed by atoms with Gasteiger partial charge in [0.1, 0.15) is 0 Å². The zero-order valence-electron chi connectivity index (χ0n) is 17.4. The fraction of sp³-hybridized carbons (Fsp3) is 0.900. The Morgan fingerprint density at radius 3 is 2.50 bits per heavy atom. The van der Waals surface area contributed by atoms with Crippen molar-refractivity contribution in [2.75, 3.05) is 52.9 Å². The topological polar surface area (TPSA) is 55.9 Å². The summed E-state index contributed by atoms with van der Waals surface area (Å²) < 4.78 is 0. The second-order valence-corrected chi connectivity index (χ2v) is 8.29. The zero-order chi connectivity index (χ0) is 18.5. The predicted octanol–water partition coefficient (Wildman–Crippen LogP) is 2.01. The first-order valence-corrected chi connectivity index (χ1v) is 10.6. The van der Waals surface area contributed by atoms with Crippen LogP contribution in [0.5, 0.6) is 0 Å². The Balaban J connectivity index is 0.00000196. The van der Waals surface area contributed by atoms with Crippen LogP contribution in [0, 0.1) is 11.8 Å². The van der Waals surface area contributed by atoms with E-state index < -0.39 is 0 Å². The summed E-state index contributed by atoms with van der Waals surface area (Å²) in [5, 5.41) is 3.21. The summed E-state index contributed by atoms with van der Waals surface area (Å²) in [6.07, 6.45) is 6.22. The minimum atomic E-state index is -0.118. The third kappa shape index (κ3) is 6.22. The number of hydrogen-bond acceptors (Lipinski definition) is 4. The maximum absolute atomic E-state index is 12.9. The van der Waals surface area contributed by atoms with Crippen molar-refractivity contribution in [1.29, 1.82) is 0 Å². The average molecular weight is 437 g/mol. The normalized spacial score (nSPS) is 26.3. The van der Waals surface area contributed by atoms with Crippen molar-refractivity contribution in [2.45, 2.75) is 51.5 Å². The van der Waals surface area contributed by atoms with E-state index in [1.807, 2.05) is 16.8 Å². The highest BCUT2D eigenvalue weighted by atomic mass is 35.5. The predicted molar refractivity (Wildman–Crippen MR) is 117 cm³/mol. The molecule has 2 unspecified atom stereocenters. The molecule has 8 heteroatoms. The van der Waals surface area contributed by atoms with Gasteiger partial charge in [-0.25, -0.2) is 0 Å². The van der Waals surface area contributed by atoms with Gasteiger partial charge in [-0.15, -0.1) is 24.8 Å². The molecule has 0 aromatic rings. The number of likely N-dealkylation sites (N-methyl/N-ethyl adjacent to an activating group) is 1. The lowest BCUT2D eigenvalue weighted by Crippen LogP contribution is -2.44. The van der Waals surface area contributed by atoms with Gasteiger partial charge < -0.3 is 15.1 Å². The van der Waals surface area contributed by atoms with Crippen LogP contribution < -0.4 is 5.32 Å². The molecule has 1 N–H and O–H groups in total. The summed E-state index contributed by atoms with van der Waals surface area (Å²) in [7, 11) is 1.99. The van der Waals surface area contributed by atoms with Crippen molar-refractivity contribution >= 4 is 36.6 Å². The molecule has 3 fully saturated rings. The van der Waals surface area contributed by atoms with Crippen molar-refractivity contribution in [1.82, 2.24) is 20.0 Å². The van der Waals surface area contributed by atoms with Crippen LogP contribution >= 0.6 is 24.8 Å². The molecule has 0 bridgehead atoms. The molecule has 0 saturated carbocycles. The standard InChI is InChI=1S/C20H36N4O2.2ClH/c1-3-22-10-4-5-18(22)15-24-14-17(13-19(24)25)20(26)23-11-7-16(8-12-23)6-9-21-2;;/h16-18,21H,3-15H2,1-2H3;2*1H. The number of nitrogens with zero attached hydrogens (tertiary/aromatic N) is 3. The monoisotopic (exact) mass is 436 g/mol. The Morgan fingerprint density at radius 2 is 1.86 bits per heavy atom. The molecule has 2 amide bonds. The van der Waals surface area contributed by atoms with Crippen LogP contribution in [-0.4, -0.2) is 85.4 Å². The van der Waals surface area contributed by atoms with Gasteiger partial charge in [0.25, 0.3) is 0 Å². The average Bonchev–Trinajstić information content (AvgIpc) is 3.26. The van der Waals surface area contributed by atoms with Crippen molar-refractivity contribution < 1.29 is 9.59 Å². The number of nitrogens with one attached hydrogen (secondary N) is 1. The van der Waals surface area contributed by atoms with Crippen LogP contribution in [0.15, 0.2) is 0 Å². The highest BCUT2D eigenvalue weighted by molar-refractivity contribution is 5.89. The second-order valence-electron chi connectivity index (χ2n) is 8.29. The van der Waals surface area contributed by atoms with Crippen LogP contribution in [0.2, 0.25) is 0 Å². The molecule has 164 valence electrons. The maximum atomic E-state index is 12.9. The molecule has 0 aromatic carbocycles. The van der Waals surface area contributed by atoms with Gasteiger partial charge in [0.05, 0.1) is 5.92 Å². The Kier molecular flexibility index (Phi) is 11.1. The number of halogens is 2. The van der Waals surface area contributed by atoms with Gasteiger partial charge >= 0.3 is 0 Å². The molecule has 0 aromatic heterocycles. The summed E-state index contributed by atoms with van der Waals surface area (Å²) in [5.74, 6) is 1.00. The third-order valence-corrected chi connectivity index (χ3v) is 6.63. The van der Waals surface area contributed by atoms with E-state index in [4.69, 9.17) is 0 Å². The minimum Gasteiger partial charge on any atom is -0.342 e. The smallest absolute Gasteiger partial charge is 0.227 e. The van der Waals surface area contributed by atoms with Crippen LogP contribution in [0.4, 0.5) is 0 Å². The largest absolute Gasteiger partial charge is 0.342 e. The molecule has 3 aliphatic heterocycles. The first kappa shape index (κ1) is 25.5. The highest BCUT2D eigenvalue weighted by Crippen LogP contribution is 2.27. The number of piperidine rings is 1. The van der Waals surface area contributed by atoms with E-state index in [9.17, 15) is 9.59 Å². The SMILES string of the molecule is CCN1CCCC1CN1CC(C(=O)N2CCC(CCNC)CC2)CC1=O.Cl.Cl. The maximum Gasteiger partial charge on any atom is 0.227 e. The van der Waals surface area contributed by atoms with E-state index >= 15 is 0 Å². The first-order chi connectivity index (χ1) is 12.6. The molecule has 0 spiro atoms. The third-order valence-electron chi connectivity index (χ3n) is 6.63. The Bertz CT molecular complexity index is 501. The molecule has 3 rings (SSSR count). The van der Waals surface area contributed by atoms with Crippen LogP contribution in [0.25, 0.3) is 0 Å². The lowest BCUT2D eigenvalue weighted by atomic mass is 9.92. The summed E-state index contributed by atoms with van der Waals surface area (Å²) in [6.45, 7) is 8.62. The van der Waals surface area contributed by atoms with Crippen molar-refractivity contribution in [3.8, 4) is 0 Å².